The molecule has 214 valence electrons. The van der Waals surface area contributed by atoms with Gasteiger partial charge in [-0.1, -0.05) is 142 Å². The van der Waals surface area contributed by atoms with Gasteiger partial charge in [-0.25, -0.2) is 4.79 Å². The second kappa shape index (κ2) is 17.0. The molecule has 3 rings (SSSR count). The van der Waals surface area contributed by atoms with E-state index >= 15 is 0 Å². The Morgan fingerprint density at radius 2 is 0.811 bits per heavy atom. The summed E-state index contributed by atoms with van der Waals surface area (Å²) in [6.07, 6.45) is 34.1. The predicted octanol–water partition coefficient (Wildman–Crippen LogP) is 11.3. The molecular formula is C35H62O2. The molecule has 0 radical (unpaired) electrons. The topological polar surface area (TPSA) is 37.3 Å². The molecule has 2 nitrogen and oxygen atoms in total. The van der Waals surface area contributed by atoms with E-state index in [4.69, 9.17) is 0 Å². The van der Waals surface area contributed by atoms with Crippen molar-refractivity contribution in [3.05, 3.63) is 12.2 Å². The highest BCUT2D eigenvalue weighted by Crippen LogP contribution is 2.58. The van der Waals surface area contributed by atoms with Gasteiger partial charge in [-0.15, -0.1) is 0 Å². The highest BCUT2D eigenvalue weighted by molar-refractivity contribution is 5.87. The molecule has 3 aliphatic rings. The van der Waals surface area contributed by atoms with Crippen LogP contribution in [-0.4, -0.2) is 11.1 Å². The summed E-state index contributed by atoms with van der Waals surface area (Å²) in [5, 5.41) is 10.7. The number of aliphatic carboxylic acids is 1. The van der Waals surface area contributed by atoms with Crippen molar-refractivity contribution in [2.75, 3.05) is 0 Å². The Morgan fingerprint density at radius 1 is 0.514 bits per heavy atom. The minimum atomic E-state index is -0.681. The zero-order valence-corrected chi connectivity index (χ0v) is 24.8. The van der Waals surface area contributed by atoms with Crippen molar-refractivity contribution in [3.8, 4) is 0 Å². The van der Waals surface area contributed by atoms with Gasteiger partial charge in [0.05, 0.1) is 0 Å². The summed E-state index contributed by atoms with van der Waals surface area (Å²) >= 11 is 0. The first-order valence-corrected chi connectivity index (χ1v) is 17.0. The van der Waals surface area contributed by atoms with Gasteiger partial charge in [0.1, 0.15) is 0 Å². The van der Waals surface area contributed by atoms with Crippen LogP contribution >= 0.6 is 0 Å². The first kappa shape index (κ1) is 30.7. The Balaban J connectivity index is 2.07. The summed E-state index contributed by atoms with van der Waals surface area (Å²) in [5.41, 5.74) is 0.426. The molecule has 1 N–H and O–H groups in total. The van der Waals surface area contributed by atoms with Gasteiger partial charge in [-0.2, -0.15) is 0 Å². The fourth-order valence-electron chi connectivity index (χ4n) is 8.99. The molecule has 2 unspecified atom stereocenters. The predicted molar refractivity (Wildman–Crippen MR) is 159 cm³/mol. The van der Waals surface area contributed by atoms with Crippen LogP contribution in [0.1, 0.15) is 174 Å². The minimum absolute atomic E-state index is 0.205. The smallest absolute Gasteiger partial charge is 0.331 e. The number of carboxylic acid groups (broad SMARTS) is 1. The van der Waals surface area contributed by atoms with E-state index in [1.807, 2.05) is 0 Å². The van der Waals surface area contributed by atoms with Crippen molar-refractivity contribution >= 4 is 5.97 Å². The highest BCUT2D eigenvalue weighted by atomic mass is 16.4. The van der Waals surface area contributed by atoms with Crippen LogP contribution in [0.4, 0.5) is 0 Å². The Labute approximate surface area is 230 Å². The summed E-state index contributed by atoms with van der Waals surface area (Å²) in [6, 6.07) is 0. The van der Waals surface area contributed by atoms with Gasteiger partial charge in [0.2, 0.25) is 0 Å². The SMILES string of the molecule is C=C(C(=O)O)C(C1CCCCCCCCC1)(C1CCCCCCCCC1)C1CCCCCCC(C)CC1. The molecule has 0 saturated heterocycles. The molecule has 0 aromatic rings. The highest BCUT2D eigenvalue weighted by Gasteiger charge is 2.52. The standard InChI is InChI=1S/C35H62O2/c1-29-21-15-13-14-20-26-33(28-27-29)35(30(2)34(36)37,31-22-16-9-5-3-6-10-17-23-31)32-24-18-11-7-4-8-12-19-25-32/h29,31-33H,2-28H2,1H3,(H,36,37). The molecule has 2 heteroatoms. The summed E-state index contributed by atoms with van der Waals surface area (Å²) in [5.74, 6) is 1.59. The van der Waals surface area contributed by atoms with Gasteiger partial charge in [-0.05, 0) is 62.2 Å². The lowest BCUT2D eigenvalue weighted by Crippen LogP contribution is -2.48. The molecule has 0 spiro atoms. The molecule has 0 bridgehead atoms. The van der Waals surface area contributed by atoms with Crippen LogP contribution < -0.4 is 0 Å². The third kappa shape index (κ3) is 9.13. The third-order valence-electron chi connectivity index (χ3n) is 11.0. The van der Waals surface area contributed by atoms with Gasteiger partial charge in [0.15, 0.2) is 0 Å². The van der Waals surface area contributed by atoms with Crippen molar-refractivity contribution in [2.24, 2.45) is 29.1 Å². The van der Waals surface area contributed by atoms with Crippen LogP contribution in [0, 0.1) is 29.1 Å². The van der Waals surface area contributed by atoms with Crippen LogP contribution in [-0.2, 0) is 4.79 Å². The molecular weight excluding hydrogens is 452 g/mol. The first-order valence-electron chi connectivity index (χ1n) is 17.0. The maximum atomic E-state index is 13.1. The lowest BCUT2D eigenvalue weighted by Gasteiger charge is -2.53. The van der Waals surface area contributed by atoms with E-state index in [-0.39, 0.29) is 5.41 Å². The first-order chi connectivity index (χ1) is 18.1. The van der Waals surface area contributed by atoms with E-state index in [1.54, 1.807) is 0 Å². The zero-order valence-electron chi connectivity index (χ0n) is 24.8. The summed E-state index contributed by atoms with van der Waals surface area (Å²) in [6.45, 7) is 7.02. The maximum Gasteiger partial charge on any atom is 0.331 e. The number of rotatable bonds is 5. The number of hydrogen-bond donors (Lipinski definition) is 1. The van der Waals surface area contributed by atoms with Gasteiger partial charge in [0.25, 0.3) is 0 Å². The minimum Gasteiger partial charge on any atom is -0.478 e. The molecule has 3 aliphatic carbocycles. The molecule has 0 aliphatic heterocycles. The maximum absolute atomic E-state index is 13.1. The monoisotopic (exact) mass is 514 g/mol. The second-order valence-corrected chi connectivity index (χ2v) is 13.6. The van der Waals surface area contributed by atoms with Crippen molar-refractivity contribution in [1.82, 2.24) is 0 Å². The van der Waals surface area contributed by atoms with Crippen LogP contribution in [0.25, 0.3) is 0 Å². The van der Waals surface area contributed by atoms with Gasteiger partial charge in [0, 0.05) is 11.0 Å². The van der Waals surface area contributed by atoms with E-state index < -0.39 is 5.97 Å². The lowest BCUT2D eigenvalue weighted by molar-refractivity contribution is -0.137. The largest absolute Gasteiger partial charge is 0.478 e. The molecule has 0 aromatic heterocycles. The van der Waals surface area contributed by atoms with Gasteiger partial charge < -0.3 is 5.11 Å². The molecule has 2 atom stereocenters. The molecule has 0 aromatic carbocycles. The molecule has 3 saturated carbocycles. The van der Waals surface area contributed by atoms with E-state index in [2.05, 4.69) is 13.5 Å². The molecule has 37 heavy (non-hydrogen) atoms. The number of carboxylic acids is 1. The number of hydrogen-bond acceptors (Lipinski definition) is 1. The summed E-state index contributed by atoms with van der Waals surface area (Å²) in [7, 11) is 0. The average Bonchev–Trinajstić information content (AvgIpc) is 2.91. The Hall–Kier alpha value is -0.790. The van der Waals surface area contributed by atoms with E-state index in [0.717, 1.165) is 5.92 Å². The van der Waals surface area contributed by atoms with Crippen molar-refractivity contribution in [2.45, 2.75) is 174 Å². The molecule has 3 fully saturated rings. The second-order valence-electron chi connectivity index (χ2n) is 13.6. The van der Waals surface area contributed by atoms with Crippen molar-refractivity contribution in [1.29, 1.82) is 0 Å². The van der Waals surface area contributed by atoms with Gasteiger partial charge >= 0.3 is 5.97 Å². The Kier molecular flexibility index (Phi) is 14.1. The zero-order chi connectivity index (χ0) is 26.3. The quantitative estimate of drug-likeness (QED) is 0.370. The number of carbonyl (C=O) groups is 1. The van der Waals surface area contributed by atoms with Gasteiger partial charge in [-0.3, -0.25) is 0 Å². The lowest BCUT2D eigenvalue weighted by atomic mass is 9.50. The normalized spacial score (nSPS) is 28.1. The Bertz CT molecular complexity index is 606. The van der Waals surface area contributed by atoms with Crippen LogP contribution in [0.3, 0.4) is 0 Å². The van der Waals surface area contributed by atoms with Crippen LogP contribution in [0.2, 0.25) is 0 Å². The molecule has 0 heterocycles. The van der Waals surface area contributed by atoms with Crippen molar-refractivity contribution < 1.29 is 9.90 Å². The average molecular weight is 515 g/mol. The molecule has 0 amide bonds. The fraction of sp³-hybridized carbons (Fsp3) is 0.914. The Morgan fingerprint density at radius 3 is 1.16 bits per heavy atom. The summed E-state index contributed by atoms with van der Waals surface area (Å²) < 4.78 is 0. The van der Waals surface area contributed by atoms with E-state index in [0.29, 0.717) is 23.3 Å². The summed E-state index contributed by atoms with van der Waals surface area (Å²) in [4.78, 5) is 13.1. The van der Waals surface area contributed by atoms with E-state index in [1.165, 1.54) is 167 Å². The van der Waals surface area contributed by atoms with Crippen LogP contribution in [0.15, 0.2) is 12.2 Å². The van der Waals surface area contributed by atoms with Crippen molar-refractivity contribution in [3.63, 3.8) is 0 Å². The third-order valence-corrected chi connectivity index (χ3v) is 11.0. The van der Waals surface area contributed by atoms with E-state index in [9.17, 15) is 9.90 Å². The van der Waals surface area contributed by atoms with Crippen LogP contribution in [0.5, 0.6) is 0 Å². The fourth-order valence-corrected chi connectivity index (χ4v) is 8.99.